The second kappa shape index (κ2) is 7.81. The van der Waals surface area contributed by atoms with Gasteiger partial charge in [-0.1, -0.05) is 18.2 Å². The van der Waals surface area contributed by atoms with Crippen LogP contribution in [0.3, 0.4) is 0 Å². The van der Waals surface area contributed by atoms with Gasteiger partial charge in [-0.25, -0.2) is 0 Å². The van der Waals surface area contributed by atoms with Crippen molar-refractivity contribution < 1.29 is 9.53 Å². The van der Waals surface area contributed by atoms with Gasteiger partial charge < -0.3 is 9.64 Å². The highest BCUT2D eigenvalue weighted by atomic mass is 16.5. The number of allylic oxidation sites excluding steroid dienone is 1. The SMILES string of the molecule is COc1ccccc1C(C)=CC(=O)N(Cc1cnn(C)c1)C(C)C. The molecule has 5 heteroatoms. The predicted octanol–water partition coefficient (Wildman–Crippen LogP) is 3.27. The molecule has 0 spiro atoms. The van der Waals surface area contributed by atoms with Crippen LogP contribution in [-0.2, 0) is 18.4 Å². The second-order valence-corrected chi connectivity index (χ2v) is 6.11. The zero-order chi connectivity index (χ0) is 17.7. The maximum atomic E-state index is 12.8. The number of nitrogens with zero attached hydrogens (tertiary/aromatic N) is 3. The molecule has 1 amide bonds. The number of para-hydroxylation sites is 1. The van der Waals surface area contributed by atoms with Crippen molar-refractivity contribution in [2.75, 3.05) is 7.11 Å². The monoisotopic (exact) mass is 327 g/mol. The second-order valence-electron chi connectivity index (χ2n) is 6.11. The average molecular weight is 327 g/mol. The highest BCUT2D eigenvalue weighted by Crippen LogP contribution is 2.25. The number of benzene rings is 1. The topological polar surface area (TPSA) is 47.4 Å². The third-order valence-corrected chi connectivity index (χ3v) is 3.89. The Morgan fingerprint density at radius 1 is 1.38 bits per heavy atom. The van der Waals surface area contributed by atoms with E-state index in [0.29, 0.717) is 6.54 Å². The zero-order valence-electron chi connectivity index (χ0n) is 15.0. The Hall–Kier alpha value is -2.56. The predicted molar refractivity (Wildman–Crippen MR) is 95.5 cm³/mol. The molecule has 0 bridgehead atoms. The van der Waals surface area contributed by atoms with Gasteiger partial charge in [-0.05, 0) is 32.4 Å². The van der Waals surface area contributed by atoms with Gasteiger partial charge in [0.2, 0.25) is 5.91 Å². The Kier molecular flexibility index (Phi) is 5.79. The van der Waals surface area contributed by atoms with Gasteiger partial charge in [-0.2, -0.15) is 5.10 Å². The number of hydrogen-bond acceptors (Lipinski definition) is 3. The van der Waals surface area contributed by atoms with Crippen molar-refractivity contribution in [2.45, 2.75) is 33.4 Å². The summed E-state index contributed by atoms with van der Waals surface area (Å²) in [5, 5.41) is 4.17. The van der Waals surface area contributed by atoms with Gasteiger partial charge in [-0.3, -0.25) is 9.48 Å². The molecular formula is C19H25N3O2. The molecule has 1 aromatic carbocycles. The molecular weight excluding hydrogens is 302 g/mol. The van der Waals surface area contributed by atoms with E-state index in [2.05, 4.69) is 5.10 Å². The summed E-state index contributed by atoms with van der Waals surface area (Å²) in [7, 11) is 3.51. The number of aromatic nitrogens is 2. The van der Waals surface area contributed by atoms with E-state index >= 15 is 0 Å². The molecule has 1 heterocycles. The summed E-state index contributed by atoms with van der Waals surface area (Å²) in [4.78, 5) is 14.6. The molecule has 0 aliphatic rings. The summed E-state index contributed by atoms with van der Waals surface area (Å²) < 4.78 is 7.12. The lowest BCUT2D eigenvalue weighted by atomic mass is 10.1. The van der Waals surface area contributed by atoms with Gasteiger partial charge in [-0.15, -0.1) is 0 Å². The van der Waals surface area contributed by atoms with Crippen molar-refractivity contribution >= 4 is 11.5 Å². The van der Waals surface area contributed by atoms with Crippen LogP contribution < -0.4 is 4.74 Å². The molecule has 2 rings (SSSR count). The maximum absolute atomic E-state index is 12.8. The minimum atomic E-state index is -0.0164. The fraction of sp³-hybridized carbons (Fsp3) is 0.368. The van der Waals surface area contributed by atoms with Gasteiger partial charge in [0.1, 0.15) is 5.75 Å². The lowest BCUT2D eigenvalue weighted by Crippen LogP contribution is -2.35. The minimum Gasteiger partial charge on any atom is -0.496 e. The molecule has 1 aromatic heterocycles. The fourth-order valence-corrected chi connectivity index (χ4v) is 2.58. The summed E-state index contributed by atoms with van der Waals surface area (Å²) in [6.45, 7) is 6.50. The van der Waals surface area contributed by atoms with Crippen LogP contribution in [0, 0.1) is 0 Å². The van der Waals surface area contributed by atoms with Crippen LogP contribution in [0.2, 0.25) is 0 Å². The first-order valence-corrected chi connectivity index (χ1v) is 8.02. The molecule has 0 aliphatic heterocycles. The average Bonchev–Trinajstić information content (AvgIpc) is 2.97. The Morgan fingerprint density at radius 2 is 2.08 bits per heavy atom. The zero-order valence-corrected chi connectivity index (χ0v) is 15.0. The van der Waals surface area contributed by atoms with E-state index in [1.54, 1.807) is 24.1 Å². The number of rotatable bonds is 6. The van der Waals surface area contributed by atoms with Gasteiger partial charge in [0.25, 0.3) is 0 Å². The quantitative estimate of drug-likeness (QED) is 0.765. The standard InChI is InChI=1S/C19H25N3O2/c1-14(2)22(13-16-11-20-21(4)12-16)19(23)10-15(3)17-8-6-7-9-18(17)24-5/h6-12,14H,13H2,1-5H3. The summed E-state index contributed by atoms with van der Waals surface area (Å²) >= 11 is 0. The van der Waals surface area contributed by atoms with Crippen molar-refractivity contribution in [1.29, 1.82) is 0 Å². The third kappa shape index (κ3) is 4.25. The Morgan fingerprint density at radius 3 is 2.67 bits per heavy atom. The van der Waals surface area contributed by atoms with E-state index in [1.807, 2.05) is 63.2 Å². The van der Waals surface area contributed by atoms with Crippen LogP contribution in [0.4, 0.5) is 0 Å². The van der Waals surface area contributed by atoms with Gasteiger partial charge in [0.15, 0.2) is 0 Å². The van der Waals surface area contributed by atoms with Crippen LogP contribution in [0.1, 0.15) is 31.9 Å². The fourth-order valence-electron chi connectivity index (χ4n) is 2.58. The maximum Gasteiger partial charge on any atom is 0.247 e. The number of methoxy groups -OCH3 is 1. The number of ether oxygens (including phenoxy) is 1. The van der Waals surface area contributed by atoms with Crippen molar-refractivity contribution in [3.8, 4) is 5.75 Å². The van der Waals surface area contributed by atoms with Crippen LogP contribution in [-0.4, -0.2) is 33.7 Å². The lowest BCUT2D eigenvalue weighted by Gasteiger charge is -2.25. The van der Waals surface area contributed by atoms with Crippen molar-refractivity contribution in [3.63, 3.8) is 0 Å². The minimum absolute atomic E-state index is 0.0164. The van der Waals surface area contributed by atoms with Crippen LogP contribution in [0.15, 0.2) is 42.7 Å². The van der Waals surface area contributed by atoms with Crippen molar-refractivity contribution in [2.24, 2.45) is 7.05 Å². The molecule has 0 aliphatic carbocycles. The van der Waals surface area contributed by atoms with E-state index in [9.17, 15) is 4.79 Å². The number of carbonyl (C=O) groups excluding carboxylic acids is 1. The first kappa shape index (κ1) is 17.8. The van der Waals surface area contributed by atoms with Gasteiger partial charge in [0.05, 0.1) is 13.3 Å². The lowest BCUT2D eigenvalue weighted by molar-refractivity contribution is -0.128. The molecule has 0 unspecified atom stereocenters. The van der Waals surface area contributed by atoms with Crippen LogP contribution in [0.5, 0.6) is 5.75 Å². The van der Waals surface area contributed by atoms with Crippen molar-refractivity contribution in [1.82, 2.24) is 14.7 Å². The normalized spacial score (nSPS) is 11.7. The molecule has 5 nitrogen and oxygen atoms in total. The van der Waals surface area contributed by atoms with E-state index in [-0.39, 0.29) is 11.9 Å². The van der Waals surface area contributed by atoms with Crippen LogP contribution in [0.25, 0.3) is 5.57 Å². The van der Waals surface area contributed by atoms with Crippen LogP contribution >= 0.6 is 0 Å². The molecule has 0 fully saturated rings. The summed E-state index contributed by atoms with van der Waals surface area (Å²) in [5.74, 6) is 0.750. The van der Waals surface area contributed by atoms with Gasteiger partial charge in [0, 0.05) is 43.0 Å². The highest BCUT2D eigenvalue weighted by molar-refractivity contribution is 5.95. The number of aryl methyl sites for hydroxylation is 1. The van der Waals surface area contributed by atoms with Gasteiger partial charge >= 0.3 is 0 Å². The van der Waals surface area contributed by atoms with E-state index in [4.69, 9.17) is 4.74 Å². The largest absolute Gasteiger partial charge is 0.496 e. The molecule has 2 aromatic rings. The van der Waals surface area contributed by atoms with Crippen molar-refractivity contribution in [3.05, 3.63) is 53.9 Å². The molecule has 0 N–H and O–H groups in total. The molecule has 0 atom stereocenters. The Labute approximate surface area is 143 Å². The summed E-state index contributed by atoms with van der Waals surface area (Å²) in [6, 6.07) is 7.81. The third-order valence-electron chi connectivity index (χ3n) is 3.89. The number of amides is 1. The summed E-state index contributed by atoms with van der Waals surface area (Å²) in [5.41, 5.74) is 2.83. The number of carbonyl (C=O) groups is 1. The molecule has 0 saturated carbocycles. The molecule has 0 saturated heterocycles. The van der Waals surface area contributed by atoms with E-state index in [1.165, 1.54) is 0 Å². The smallest absolute Gasteiger partial charge is 0.247 e. The van der Waals surface area contributed by atoms with E-state index in [0.717, 1.165) is 22.4 Å². The highest BCUT2D eigenvalue weighted by Gasteiger charge is 2.17. The molecule has 24 heavy (non-hydrogen) atoms. The molecule has 0 radical (unpaired) electrons. The summed E-state index contributed by atoms with van der Waals surface area (Å²) in [6.07, 6.45) is 5.40. The number of hydrogen-bond donors (Lipinski definition) is 0. The first-order valence-electron chi connectivity index (χ1n) is 8.02. The van der Waals surface area contributed by atoms with E-state index < -0.39 is 0 Å². The first-order chi connectivity index (χ1) is 11.4. The Bertz CT molecular complexity index is 732. The molecule has 128 valence electrons. The Balaban J connectivity index is 2.23.